The number of hydrogen-bond donors (Lipinski definition) is 1. The molecule has 0 aliphatic carbocycles. The number of nitrogens with two attached hydrogens (primary N) is 1. The maximum absolute atomic E-state index is 5.27. The topological polar surface area (TPSA) is 26.0 Å². The normalized spacial score (nSPS) is 12.9. The Morgan fingerprint density at radius 3 is 2.11 bits per heavy atom. The standard InChI is InChI=1S/C8H17N/c1-8(2,3)6-4-5-7-9/h4-5H,6-7,9H2,1-3H3/b5-4-. The van der Waals surface area contributed by atoms with Crippen molar-refractivity contribution in [3.05, 3.63) is 12.2 Å². The van der Waals surface area contributed by atoms with Crippen molar-refractivity contribution < 1.29 is 0 Å². The molecule has 0 unspecified atom stereocenters. The molecule has 0 aliphatic rings. The van der Waals surface area contributed by atoms with Crippen molar-refractivity contribution in [3.8, 4) is 0 Å². The van der Waals surface area contributed by atoms with Gasteiger partial charge in [0.25, 0.3) is 0 Å². The molecule has 0 rings (SSSR count). The molecule has 0 saturated carbocycles. The highest BCUT2D eigenvalue weighted by Gasteiger charge is 2.05. The fraction of sp³-hybridized carbons (Fsp3) is 0.750. The number of hydrogen-bond acceptors (Lipinski definition) is 1. The Labute approximate surface area is 57.9 Å². The van der Waals surface area contributed by atoms with Gasteiger partial charge in [-0.3, -0.25) is 0 Å². The molecule has 0 saturated heterocycles. The minimum absolute atomic E-state index is 0.408. The van der Waals surface area contributed by atoms with Gasteiger partial charge >= 0.3 is 0 Å². The van der Waals surface area contributed by atoms with E-state index in [1.807, 2.05) is 6.08 Å². The number of rotatable bonds is 2. The molecule has 0 atom stereocenters. The molecule has 9 heavy (non-hydrogen) atoms. The van der Waals surface area contributed by atoms with E-state index in [4.69, 9.17) is 5.73 Å². The van der Waals surface area contributed by atoms with Crippen LogP contribution >= 0.6 is 0 Å². The first kappa shape index (κ1) is 8.70. The van der Waals surface area contributed by atoms with E-state index in [1.165, 1.54) is 0 Å². The van der Waals surface area contributed by atoms with Gasteiger partial charge < -0.3 is 5.73 Å². The Bertz CT molecular complexity index is 87.2. The van der Waals surface area contributed by atoms with Gasteiger partial charge in [0.15, 0.2) is 0 Å². The first-order valence-corrected chi connectivity index (χ1v) is 3.41. The van der Waals surface area contributed by atoms with Crippen LogP contribution in [0, 0.1) is 5.41 Å². The molecule has 0 spiro atoms. The van der Waals surface area contributed by atoms with Gasteiger partial charge in [0.05, 0.1) is 0 Å². The van der Waals surface area contributed by atoms with Crippen molar-refractivity contribution in [2.24, 2.45) is 11.1 Å². The zero-order valence-electron chi connectivity index (χ0n) is 6.65. The summed E-state index contributed by atoms with van der Waals surface area (Å²) in [7, 11) is 0. The van der Waals surface area contributed by atoms with Gasteiger partial charge in [-0.15, -0.1) is 0 Å². The summed E-state index contributed by atoms with van der Waals surface area (Å²) in [6.07, 6.45) is 5.26. The van der Waals surface area contributed by atoms with Gasteiger partial charge in [-0.25, -0.2) is 0 Å². The highest BCUT2D eigenvalue weighted by molar-refractivity contribution is 4.86. The molecule has 0 heterocycles. The van der Waals surface area contributed by atoms with E-state index < -0.39 is 0 Å². The fourth-order valence-electron chi connectivity index (χ4n) is 0.533. The predicted molar refractivity (Wildman–Crippen MR) is 42.3 cm³/mol. The highest BCUT2D eigenvalue weighted by Crippen LogP contribution is 2.18. The molecule has 1 nitrogen and oxygen atoms in total. The van der Waals surface area contributed by atoms with Crippen LogP contribution in [0.15, 0.2) is 12.2 Å². The average Bonchev–Trinajstić information content (AvgIpc) is 1.63. The minimum atomic E-state index is 0.408. The van der Waals surface area contributed by atoms with Crippen molar-refractivity contribution in [1.29, 1.82) is 0 Å². The number of allylic oxidation sites excluding steroid dienone is 1. The second-order valence-corrected chi connectivity index (χ2v) is 3.47. The third kappa shape index (κ3) is 7.70. The predicted octanol–water partition coefficient (Wildman–Crippen LogP) is 1.94. The zero-order valence-corrected chi connectivity index (χ0v) is 6.65. The molecule has 0 bridgehead atoms. The summed E-state index contributed by atoms with van der Waals surface area (Å²) >= 11 is 0. The molecular formula is C8H17N. The molecule has 0 aromatic carbocycles. The third-order valence-corrected chi connectivity index (χ3v) is 1.03. The fourth-order valence-corrected chi connectivity index (χ4v) is 0.533. The lowest BCUT2D eigenvalue weighted by molar-refractivity contribution is 0.420. The SMILES string of the molecule is CC(C)(C)C/C=C\CN. The van der Waals surface area contributed by atoms with Crippen LogP contribution < -0.4 is 5.73 Å². The molecule has 54 valence electrons. The largest absolute Gasteiger partial charge is 0.327 e. The van der Waals surface area contributed by atoms with Gasteiger partial charge in [-0.1, -0.05) is 32.9 Å². The quantitative estimate of drug-likeness (QED) is 0.564. The van der Waals surface area contributed by atoms with Crippen LogP contribution in [0.4, 0.5) is 0 Å². The average molecular weight is 127 g/mol. The molecule has 0 aliphatic heterocycles. The van der Waals surface area contributed by atoms with Gasteiger partial charge in [0.2, 0.25) is 0 Å². The maximum atomic E-state index is 5.27. The molecule has 0 fully saturated rings. The zero-order chi connectivity index (χ0) is 7.33. The van der Waals surface area contributed by atoms with Crippen LogP contribution in [-0.2, 0) is 0 Å². The van der Waals surface area contributed by atoms with Crippen LogP contribution in [0.1, 0.15) is 27.2 Å². The van der Waals surface area contributed by atoms with Crippen molar-refractivity contribution in [2.75, 3.05) is 6.54 Å². The van der Waals surface area contributed by atoms with E-state index in [0.717, 1.165) is 6.42 Å². The Morgan fingerprint density at radius 1 is 1.22 bits per heavy atom. The molecule has 0 radical (unpaired) electrons. The summed E-state index contributed by atoms with van der Waals surface area (Å²) in [4.78, 5) is 0. The Kier molecular flexibility index (Phi) is 3.55. The van der Waals surface area contributed by atoms with E-state index in [0.29, 0.717) is 12.0 Å². The molecular weight excluding hydrogens is 110 g/mol. The van der Waals surface area contributed by atoms with Crippen LogP contribution in [0.25, 0.3) is 0 Å². The van der Waals surface area contributed by atoms with Gasteiger partial charge in [-0.05, 0) is 11.8 Å². The van der Waals surface area contributed by atoms with Crippen molar-refractivity contribution in [3.63, 3.8) is 0 Å². The third-order valence-electron chi connectivity index (χ3n) is 1.03. The monoisotopic (exact) mass is 127 g/mol. The summed E-state index contributed by atoms with van der Waals surface area (Å²) in [6.45, 7) is 7.31. The van der Waals surface area contributed by atoms with Crippen LogP contribution in [0.3, 0.4) is 0 Å². The van der Waals surface area contributed by atoms with E-state index in [-0.39, 0.29) is 0 Å². The molecule has 0 aromatic rings. The maximum Gasteiger partial charge on any atom is 0.0106 e. The molecule has 1 heteroatoms. The lowest BCUT2D eigenvalue weighted by Gasteiger charge is -2.14. The van der Waals surface area contributed by atoms with E-state index >= 15 is 0 Å². The second-order valence-electron chi connectivity index (χ2n) is 3.47. The Hall–Kier alpha value is -0.300. The van der Waals surface area contributed by atoms with Crippen LogP contribution in [0.2, 0.25) is 0 Å². The van der Waals surface area contributed by atoms with Gasteiger partial charge in [0, 0.05) is 6.54 Å². The van der Waals surface area contributed by atoms with Crippen molar-refractivity contribution >= 4 is 0 Å². The second kappa shape index (κ2) is 3.67. The van der Waals surface area contributed by atoms with E-state index in [2.05, 4.69) is 26.8 Å². The van der Waals surface area contributed by atoms with Crippen LogP contribution in [-0.4, -0.2) is 6.54 Å². The lowest BCUT2D eigenvalue weighted by Crippen LogP contribution is -2.02. The van der Waals surface area contributed by atoms with Crippen LogP contribution in [0.5, 0.6) is 0 Å². The Balaban J connectivity index is 3.38. The summed E-state index contributed by atoms with van der Waals surface area (Å²) in [5, 5.41) is 0. The lowest BCUT2D eigenvalue weighted by atomic mass is 9.92. The van der Waals surface area contributed by atoms with E-state index in [1.54, 1.807) is 0 Å². The van der Waals surface area contributed by atoms with Gasteiger partial charge in [-0.2, -0.15) is 0 Å². The summed E-state index contributed by atoms with van der Waals surface area (Å²) in [5.41, 5.74) is 5.68. The summed E-state index contributed by atoms with van der Waals surface area (Å²) in [6, 6.07) is 0. The molecule has 2 N–H and O–H groups in total. The van der Waals surface area contributed by atoms with E-state index in [9.17, 15) is 0 Å². The van der Waals surface area contributed by atoms with Crippen molar-refractivity contribution in [2.45, 2.75) is 27.2 Å². The first-order valence-electron chi connectivity index (χ1n) is 3.41. The summed E-state index contributed by atoms with van der Waals surface area (Å²) < 4.78 is 0. The molecule has 0 amide bonds. The minimum Gasteiger partial charge on any atom is -0.327 e. The highest BCUT2D eigenvalue weighted by atomic mass is 14.5. The summed E-state index contributed by atoms with van der Waals surface area (Å²) in [5.74, 6) is 0. The Morgan fingerprint density at radius 2 is 1.78 bits per heavy atom. The smallest absolute Gasteiger partial charge is 0.0106 e. The van der Waals surface area contributed by atoms with Gasteiger partial charge in [0.1, 0.15) is 0 Å². The van der Waals surface area contributed by atoms with Crippen molar-refractivity contribution in [1.82, 2.24) is 0 Å². The first-order chi connectivity index (χ1) is 4.06. The molecule has 0 aromatic heterocycles.